The van der Waals surface area contributed by atoms with Crippen molar-refractivity contribution in [3.05, 3.63) is 29.8 Å². The first-order valence-corrected chi connectivity index (χ1v) is 10.0. The van der Waals surface area contributed by atoms with Crippen LogP contribution in [0.5, 0.6) is 0 Å². The smallest absolute Gasteiger partial charge is 0.233 e. The maximum absolute atomic E-state index is 12.9. The third-order valence-corrected chi connectivity index (χ3v) is 5.76. The van der Waals surface area contributed by atoms with Gasteiger partial charge in [0, 0.05) is 32.3 Å². The van der Waals surface area contributed by atoms with E-state index in [2.05, 4.69) is 10.6 Å². The number of carbonyl (C=O) groups excluding carboxylic acids is 2. The molecule has 0 saturated carbocycles. The van der Waals surface area contributed by atoms with Crippen molar-refractivity contribution in [1.82, 2.24) is 10.2 Å². The number of piperidine rings is 1. The minimum atomic E-state index is -0.458. The quantitative estimate of drug-likeness (QED) is 0.769. The summed E-state index contributed by atoms with van der Waals surface area (Å²) >= 11 is 0. The van der Waals surface area contributed by atoms with Crippen LogP contribution in [0.3, 0.4) is 0 Å². The number of rotatable bonds is 7. The molecule has 0 atom stereocenters. The van der Waals surface area contributed by atoms with Crippen molar-refractivity contribution < 1.29 is 14.3 Å². The molecule has 2 aliphatic rings. The van der Waals surface area contributed by atoms with Crippen molar-refractivity contribution in [2.24, 2.45) is 5.41 Å². The summed E-state index contributed by atoms with van der Waals surface area (Å²) in [4.78, 5) is 27.0. The highest BCUT2D eigenvalue weighted by Gasteiger charge is 2.39. The molecule has 1 aromatic carbocycles. The minimum Gasteiger partial charge on any atom is -0.384 e. The van der Waals surface area contributed by atoms with E-state index in [-0.39, 0.29) is 11.8 Å². The largest absolute Gasteiger partial charge is 0.384 e. The molecule has 0 unspecified atom stereocenters. The summed E-state index contributed by atoms with van der Waals surface area (Å²) in [5, 5.41) is 6.35. The Morgan fingerprint density at radius 2 is 1.81 bits per heavy atom. The summed E-state index contributed by atoms with van der Waals surface area (Å²) in [5.74, 6) is 0.278. The predicted molar refractivity (Wildman–Crippen MR) is 106 cm³/mol. The van der Waals surface area contributed by atoms with Gasteiger partial charge >= 0.3 is 0 Å². The van der Waals surface area contributed by atoms with Gasteiger partial charge in [0.05, 0.1) is 12.0 Å². The summed E-state index contributed by atoms with van der Waals surface area (Å²) in [6, 6.07) is 7.85. The molecule has 2 aliphatic heterocycles. The zero-order chi connectivity index (χ0) is 19.1. The van der Waals surface area contributed by atoms with Gasteiger partial charge in [-0.2, -0.15) is 0 Å². The van der Waals surface area contributed by atoms with E-state index in [1.54, 1.807) is 7.11 Å². The Bertz CT molecular complexity index is 627. The minimum absolute atomic E-state index is 0.0304. The van der Waals surface area contributed by atoms with Crippen LogP contribution in [0.1, 0.15) is 37.7 Å². The number of ether oxygens (including phenoxy) is 1. The summed E-state index contributed by atoms with van der Waals surface area (Å²) in [6.45, 7) is 3.92. The predicted octanol–water partition coefficient (Wildman–Crippen LogP) is 2.20. The van der Waals surface area contributed by atoms with Gasteiger partial charge in [-0.15, -0.1) is 0 Å². The second kappa shape index (κ2) is 9.33. The van der Waals surface area contributed by atoms with Crippen LogP contribution in [0.25, 0.3) is 0 Å². The Morgan fingerprint density at radius 3 is 2.44 bits per heavy atom. The average Bonchev–Trinajstić information content (AvgIpc) is 3.23. The molecule has 0 bridgehead atoms. The van der Waals surface area contributed by atoms with Crippen molar-refractivity contribution in [2.45, 2.75) is 38.5 Å². The summed E-state index contributed by atoms with van der Waals surface area (Å²) in [6.07, 6.45) is 5.10. The molecule has 2 amide bonds. The number of nitrogens with zero attached hydrogens (tertiary/aromatic N) is 1. The zero-order valence-corrected chi connectivity index (χ0v) is 16.3. The molecule has 2 saturated heterocycles. The lowest BCUT2D eigenvalue weighted by molar-refractivity contribution is -0.131. The Hall–Kier alpha value is -1.92. The molecule has 2 heterocycles. The number of anilines is 1. The zero-order valence-electron chi connectivity index (χ0n) is 16.3. The number of likely N-dealkylation sites (tertiary alicyclic amines) is 1. The van der Waals surface area contributed by atoms with Crippen molar-refractivity contribution in [3.8, 4) is 0 Å². The fourth-order valence-electron chi connectivity index (χ4n) is 4.01. The number of hydrogen-bond acceptors (Lipinski definition) is 4. The molecule has 0 aliphatic carbocycles. The number of amides is 2. The number of hydrogen-bond donors (Lipinski definition) is 2. The average molecular weight is 373 g/mol. The number of methoxy groups -OCH3 is 1. The number of benzene rings is 1. The van der Waals surface area contributed by atoms with E-state index in [1.165, 1.54) is 0 Å². The van der Waals surface area contributed by atoms with Gasteiger partial charge in [-0.05, 0) is 62.9 Å². The maximum Gasteiger partial charge on any atom is 0.233 e. The summed E-state index contributed by atoms with van der Waals surface area (Å²) < 4.78 is 5.33. The first-order chi connectivity index (χ1) is 13.1. The molecule has 2 N–H and O–H groups in total. The standard InChI is InChI=1S/C21H31N3O3/c1-27-16-21(10-12-22-13-11-21)20(26)23-18-7-4-17(5-8-18)6-9-19(25)24-14-2-3-15-24/h4-5,7-8,22H,2-3,6,9-16H2,1H3,(H,23,26). The molecular formula is C21H31N3O3. The summed E-state index contributed by atoms with van der Waals surface area (Å²) in [7, 11) is 1.65. The topological polar surface area (TPSA) is 70.7 Å². The second-order valence-electron chi connectivity index (χ2n) is 7.70. The van der Waals surface area contributed by atoms with E-state index < -0.39 is 5.41 Å². The highest BCUT2D eigenvalue weighted by atomic mass is 16.5. The van der Waals surface area contributed by atoms with Gasteiger partial charge in [0.1, 0.15) is 0 Å². The van der Waals surface area contributed by atoms with Crippen LogP contribution in [0.4, 0.5) is 5.69 Å². The van der Waals surface area contributed by atoms with E-state index in [1.807, 2.05) is 29.2 Å². The number of nitrogens with one attached hydrogen (secondary N) is 2. The van der Waals surface area contributed by atoms with Crippen molar-refractivity contribution in [3.63, 3.8) is 0 Å². The van der Waals surface area contributed by atoms with Gasteiger partial charge in [0.2, 0.25) is 11.8 Å². The van der Waals surface area contributed by atoms with Crippen LogP contribution in [-0.2, 0) is 20.7 Å². The van der Waals surface area contributed by atoms with Crippen LogP contribution in [0.15, 0.2) is 24.3 Å². The third-order valence-electron chi connectivity index (χ3n) is 5.76. The SMILES string of the molecule is COCC1(C(=O)Nc2ccc(CCC(=O)N3CCCC3)cc2)CCNCC1. The molecule has 6 nitrogen and oxygen atoms in total. The number of carbonyl (C=O) groups is 2. The van der Waals surface area contributed by atoms with Gasteiger partial charge in [-0.25, -0.2) is 0 Å². The molecule has 1 aromatic rings. The monoisotopic (exact) mass is 373 g/mol. The molecule has 0 radical (unpaired) electrons. The van der Waals surface area contributed by atoms with Crippen LogP contribution in [0.2, 0.25) is 0 Å². The lowest BCUT2D eigenvalue weighted by atomic mass is 9.78. The Kier molecular flexibility index (Phi) is 6.85. The lowest BCUT2D eigenvalue weighted by Gasteiger charge is -2.35. The van der Waals surface area contributed by atoms with Crippen LogP contribution >= 0.6 is 0 Å². The van der Waals surface area contributed by atoms with Crippen LogP contribution in [-0.4, -0.2) is 56.6 Å². The molecule has 6 heteroatoms. The van der Waals surface area contributed by atoms with E-state index in [9.17, 15) is 9.59 Å². The van der Waals surface area contributed by atoms with Gasteiger partial charge in [-0.1, -0.05) is 12.1 Å². The van der Waals surface area contributed by atoms with Crippen LogP contribution in [0, 0.1) is 5.41 Å². The van der Waals surface area contributed by atoms with Crippen LogP contribution < -0.4 is 10.6 Å². The van der Waals surface area contributed by atoms with Gasteiger partial charge in [-0.3, -0.25) is 9.59 Å². The fourth-order valence-corrected chi connectivity index (χ4v) is 4.01. The van der Waals surface area contributed by atoms with Crippen molar-refractivity contribution in [2.75, 3.05) is 45.2 Å². The maximum atomic E-state index is 12.9. The first kappa shape index (κ1) is 19.8. The molecule has 27 heavy (non-hydrogen) atoms. The second-order valence-corrected chi connectivity index (χ2v) is 7.70. The Balaban J connectivity index is 1.53. The third kappa shape index (κ3) is 5.08. The molecular weight excluding hydrogens is 342 g/mol. The molecule has 0 aromatic heterocycles. The molecule has 2 fully saturated rings. The molecule has 3 rings (SSSR count). The summed E-state index contributed by atoms with van der Waals surface area (Å²) in [5.41, 5.74) is 1.46. The Labute approximate surface area is 161 Å². The van der Waals surface area contributed by atoms with Gasteiger partial charge in [0.15, 0.2) is 0 Å². The highest BCUT2D eigenvalue weighted by Crippen LogP contribution is 2.31. The fraction of sp³-hybridized carbons (Fsp3) is 0.619. The lowest BCUT2D eigenvalue weighted by Crippen LogP contribution is -2.47. The molecule has 0 spiro atoms. The molecule has 148 valence electrons. The Morgan fingerprint density at radius 1 is 1.15 bits per heavy atom. The normalized spacial score (nSPS) is 19.1. The highest BCUT2D eigenvalue weighted by molar-refractivity contribution is 5.95. The van der Waals surface area contributed by atoms with E-state index in [0.717, 1.165) is 69.5 Å². The first-order valence-electron chi connectivity index (χ1n) is 10.0. The van der Waals surface area contributed by atoms with Crippen molar-refractivity contribution in [1.29, 1.82) is 0 Å². The van der Waals surface area contributed by atoms with E-state index in [0.29, 0.717) is 13.0 Å². The van der Waals surface area contributed by atoms with Gasteiger partial charge in [0.25, 0.3) is 0 Å². The number of aryl methyl sites for hydroxylation is 1. The van der Waals surface area contributed by atoms with Gasteiger partial charge < -0.3 is 20.3 Å². The van der Waals surface area contributed by atoms with E-state index in [4.69, 9.17) is 4.74 Å². The van der Waals surface area contributed by atoms with Crippen molar-refractivity contribution >= 4 is 17.5 Å². The van der Waals surface area contributed by atoms with E-state index >= 15 is 0 Å².